The van der Waals surface area contributed by atoms with Crippen LogP contribution in [-0.2, 0) is 0 Å². The first-order valence-electron chi connectivity index (χ1n) is 4.80. The van der Waals surface area contributed by atoms with Crippen molar-refractivity contribution in [3.8, 4) is 0 Å². The first-order chi connectivity index (χ1) is 6.75. The van der Waals surface area contributed by atoms with Gasteiger partial charge in [-0.3, -0.25) is 0 Å². The summed E-state index contributed by atoms with van der Waals surface area (Å²) in [7, 11) is 0. The van der Waals surface area contributed by atoms with Crippen molar-refractivity contribution in [3.05, 3.63) is 23.4 Å². The van der Waals surface area contributed by atoms with Gasteiger partial charge in [0.25, 0.3) is 0 Å². The second-order valence-electron chi connectivity index (χ2n) is 3.57. The van der Waals surface area contributed by atoms with Gasteiger partial charge in [0.15, 0.2) is 0 Å². The number of hydrogen-bond acceptors (Lipinski definition) is 3. The molecule has 1 saturated heterocycles. The van der Waals surface area contributed by atoms with Crippen molar-refractivity contribution < 1.29 is 5.11 Å². The van der Waals surface area contributed by atoms with Crippen molar-refractivity contribution in [2.24, 2.45) is 0 Å². The van der Waals surface area contributed by atoms with Gasteiger partial charge in [0.05, 0.1) is 6.10 Å². The van der Waals surface area contributed by atoms with E-state index in [0.29, 0.717) is 11.6 Å². The Morgan fingerprint density at radius 3 is 3.14 bits per heavy atom. The molecule has 1 aliphatic rings. The molecule has 14 heavy (non-hydrogen) atoms. The van der Waals surface area contributed by atoms with Crippen molar-refractivity contribution in [2.75, 3.05) is 18.0 Å². The number of β-amino-alcohol motifs (C(OH)–C–C–N with tert-alkyl or cyclic N) is 1. The van der Waals surface area contributed by atoms with Crippen molar-refractivity contribution in [1.29, 1.82) is 0 Å². The average molecular weight is 213 g/mol. The van der Waals surface area contributed by atoms with Gasteiger partial charge in [0.1, 0.15) is 5.82 Å². The van der Waals surface area contributed by atoms with Gasteiger partial charge < -0.3 is 10.0 Å². The minimum Gasteiger partial charge on any atom is -0.391 e. The maximum atomic E-state index is 9.51. The minimum atomic E-state index is -0.232. The number of aliphatic hydroxyl groups is 1. The molecule has 0 aliphatic carbocycles. The first kappa shape index (κ1) is 9.74. The number of nitrogens with zero attached hydrogens (tertiary/aromatic N) is 2. The van der Waals surface area contributed by atoms with E-state index in [9.17, 15) is 5.11 Å². The van der Waals surface area contributed by atoms with Gasteiger partial charge in [-0.1, -0.05) is 11.6 Å². The Balaban J connectivity index is 2.14. The topological polar surface area (TPSA) is 36.4 Å². The van der Waals surface area contributed by atoms with E-state index < -0.39 is 0 Å². The fourth-order valence-electron chi connectivity index (χ4n) is 1.73. The van der Waals surface area contributed by atoms with Crippen LogP contribution in [0, 0.1) is 0 Å². The maximum Gasteiger partial charge on any atom is 0.130 e. The Morgan fingerprint density at radius 2 is 2.43 bits per heavy atom. The van der Waals surface area contributed by atoms with E-state index in [1.165, 1.54) is 0 Å². The van der Waals surface area contributed by atoms with E-state index in [-0.39, 0.29) is 6.10 Å². The number of anilines is 1. The average Bonchev–Trinajstić information content (AvgIpc) is 2.18. The molecule has 0 radical (unpaired) electrons. The Morgan fingerprint density at radius 1 is 1.57 bits per heavy atom. The van der Waals surface area contributed by atoms with Crippen LogP contribution in [0.15, 0.2) is 18.3 Å². The van der Waals surface area contributed by atoms with Crippen LogP contribution >= 0.6 is 11.6 Å². The highest BCUT2D eigenvalue weighted by atomic mass is 35.5. The molecule has 1 aromatic heterocycles. The van der Waals surface area contributed by atoms with Gasteiger partial charge in [0.2, 0.25) is 0 Å². The molecule has 0 amide bonds. The van der Waals surface area contributed by atoms with Crippen LogP contribution in [0.5, 0.6) is 0 Å². The molecule has 1 aromatic rings. The third-order valence-electron chi connectivity index (χ3n) is 2.43. The summed E-state index contributed by atoms with van der Waals surface area (Å²) in [4.78, 5) is 6.30. The fourth-order valence-corrected chi connectivity index (χ4v) is 1.88. The van der Waals surface area contributed by atoms with Crippen molar-refractivity contribution in [1.82, 2.24) is 4.98 Å². The molecule has 1 aliphatic heterocycles. The Hall–Kier alpha value is -0.800. The number of halogens is 1. The van der Waals surface area contributed by atoms with Crippen LogP contribution in [0.3, 0.4) is 0 Å². The smallest absolute Gasteiger partial charge is 0.130 e. The lowest BCUT2D eigenvalue weighted by Gasteiger charge is -2.30. The molecule has 0 aromatic carbocycles. The highest BCUT2D eigenvalue weighted by molar-refractivity contribution is 6.30. The summed E-state index contributed by atoms with van der Waals surface area (Å²) >= 11 is 5.87. The Kier molecular flexibility index (Phi) is 2.89. The lowest BCUT2D eigenvalue weighted by Crippen LogP contribution is -2.38. The van der Waals surface area contributed by atoms with Gasteiger partial charge in [-0.25, -0.2) is 4.98 Å². The van der Waals surface area contributed by atoms with Crippen LogP contribution in [0.25, 0.3) is 0 Å². The van der Waals surface area contributed by atoms with Gasteiger partial charge in [-0.15, -0.1) is 0 Å². The van der Waals surface area contributed by atoms with Crippen LogP contribution in [0.2, 0.25) is 5.02 Å². The fraction of sp³-hybridized carbons (Fsp3) is 0.500. The van der Waals surface area contributed by atoms with E-state index in [1.807, 2.05) is 6.07 Å². The first-order valence-corrected chi connectivity index (χ1v) is 5.18. The normalized spacial score (nSPS) is 22.4. The Bertz CT molecular complexity index is 319. The largest absolute Gasteiger partial charge is 0.391 e. The van der Waals surface area contributed by atoms with Gasteiger partial charge >= 0.3 is 0 Å². The molecule has 1 fully saturated rings. The number of pyridine rings is 1. The molecular weight excluding hydrogens is 200 g/mol. The number of piperidine rings is 1. The second kappa shape index (κ2) is 4.15. The molecule has 0 saturated carbocycles. The SMILES string of the molecule is O[C@@H]1CCCN(c2cc(Cl)ccn2)C1. The molecule has 4 heteroatoms. The highest BCUT2D eigenvalue weighted by Gasteiger charge is 2.18. The molecule has 0 bridgehead atoms. The summed E-state index contributed by atoms with van der Waals surface area (Å²) < 4.78 is 0. The molecule has 2 heterocycles. The number of aromatic nitrogens is 1. The number of hydrogen-bond donors (Lipinski definition) is 1. The van der Waals surface area contributed by atoms with Crippen molar-refractivity contribution in [3.63, 3.8) is 0 Å². The zero-order valence-electron chi connectivity index (χ0n) is 7.86. The lowest BCUT2D eigenvalue weighted by molar-refractivity contribution is 0.154. The number of aliphatic hydroxyl groups excluding tert-OH is 1. The van der Waals surface area contributed by atoms with Crippen LogP contribution in [-0.4, -0.2) is 29.3 Å². The lowest BCUT2D eigenvalue weighted by atomic mass is 10.1. The van der Waals surface area contributed by atoms with Crippen LogP contribution in [0.1, 0.15) is 12.8 Å². The van der Waals surface area contributed by atoms with E-state index in [0.717, 1.165) is 25.2 Å². The van der Waals surface area contributed by atoms with Gasteiger partial charge in [-0.05, 0) is 25.0 Å². The predicted molar refractivity (Wildman–Crippen MR) is 56.7 cm³/mol. The summed E-state index contributed by atoms with van der Waals surface area (Å²) in [5.74, 6) is 0.858. The quantitative estimate of drug-likeness (QED) is 0.770. The maximum absolute atomic E-state index is 9.51. The van der Waals surface area contributed by atoms with E-state index in [1.54, 1.807) is 12.3 Å². The summed E-state index contributed by atoms with van der Waals surface area (Å²) in [5, 5.41) is 10.2. The molecule has 76 valence electrons. The summed E-state index contributed by atoms with van der Waals surface area (Å²) in [6, 6.07) is 3.59. The van der Waals surface area contributed by atoms with E-state index in [2.05, 4.69) is 9.88 Å². The van der Waals surface area contributed by atoms with Crippen molar-refractivity contribution >= 4 is 17.4 Å². The van der Waals surface area contributed by atoms with Gasteiger partial charge in [0, 0.05) is 24.3 Å². The zero-order valence-corrected chi connectivity index (χ0v) is 8.61. The van der Waals surface area contributed by atoms with Crippen LogP contribution in [0.4, 0.5) is 5.82 Å². The third-order valence-corrected chi connectivity index (χ3v) is 2.66. The standard InChI is InChI=1S/C10H13ClN2O/c11-8-3-4-12-10(6-8)13-5-1-2-9(14)7-13/h3-4,6,9,14H,1-2,5,7H2/t9-/m1/s1. The summed E-state index contributed by atoms with van der Waals surface area (Å²) in [5.41, 5.74) is 0. The van der Waals surface area contributed by atoms with Crippen molar-refractivity contribution in [2.45, 2.75) is 18.9 Å². The zero-order chi connectivity index (χ0) is 9.97. The Labute approximate surface area is 88.3 Å². The number of rotatable bonds is 1. The summed E-state index contributed by atoms with van der Waals surface area (Å²) in [6.45, 7) is 1.61. The molecule has 0 unspecified atom stereocenters. The monoisotopic (exact) mass is 212 g/mol. The molecule has 1 atom stereocenters. The minimum absolute atomic E-state index is 0.232. The molecule has 1 N–H and O–H groups in total. The predicted octanol–water partition coefficient (Wildman–Crippen LogP) is 1.70. The molecular formula is C10H13ClN2O. The molecule has 3 nitrogen and oxygen atoms in total. The molecule has 2 rings (SSSR count). The van der Waals surface area contributed by atoms with Crippen LogP contribution < -0.4 is 4.90 Å². The third kappa shape index (κ3) is 2.16. The second-order valence-corrected chi connectivity index (χ2v) is 4.01. The molecule has 0 spiro atoms. The summed E-state index contributed by atoms with van der Waals surface area (Å²) in [6.07, 6.45) is 3.36. The van der Waals surface area contributed by atoms with E-state index >= 15 is 0 Å². The highest BCUT2D eigenvalue weighted by Crippen LogP contribution is 2.20. The van der Waals surface area contributed by atoms with E-state index in [4.69, 9.17) is 11.6 Å². The van der Waals surface area contributed by atoms with Gasteiger partial charge in [-0.2, -0.15) is 0 Å².